The maximum Gasteiger partial charge on any atom is 0.305 e. The fourth-order valence-electron chi connectivity index (χ4n) is 3.16. The number of amides is 1. The van der Waals surface area contributed by atoms with Crippen molar-refractivity contribution < 1.29 is 14.7 Å². The standard InChI is InChI=1S/C12H19NO3/c14-10-5-1-4-8-13(10)12(9-11(15)16)6-2-3-7-12/h1-9H2,(H,15,16). The van der Waals surface area contributed by atoms with E-state index in [1.165, 1.54) is 0 Å². The lowest BCUT2D eigenvalue weighted by atomic mass is 9.88. The van der Waals surface area contributed by atoms with Crippen LogP contribution in [0.2, 0.25) is 0 Å². The highest BCUT2D eigenvalue weighted by molar-refractivity contribution is 5.79. The lowest BCUT2D eigenvalue weighted by molar-refractivity contribution is -0.147. The number of rotatable bonds is 3. The van der Waals surface area contributed by atoms with Crippen LogP contribution in [0.25, 0.3) is 0 Å². The molecular weight excluding hydrogens is 206 g/mol. The minimum atomic E-state index is -0.778. The molecule has 1 saturated heterocycles. The van der Waals surface area contributed by atoms with Gasteiger partial charge in [0.25, 0.3) is 0 Å². The highest BCUT2D eigenvalue weighted by atomic mass is 16.4. The molecular formula is C12H19NO3. The number of piperidine rings is 1. The largest absolute Gasteiger partial charge is 0.481 e. The second-order valence-electron chi connectivity index (χ2n) is 5.00. The molecule has 0 radical (unpaired) electrons. The van der Waals surface area contributed by atoms with Crippen molar-refractivity contribution in [1.29, 1.82) is 0 Å². The third-order valence-corrected chi connectivity index (χ3v) is 3.91. The van der Waals surface area contributed by atoms with Gasteiger partial charge >= 0.3 is 5.97 Å². The number of carboxylic acids is 1. The zero-order valence-corrected chi connectivity index (χ0v) is 9.57. The molecule has 4 heteroatoms. The molecule has 0 unspecified atom stereocenters. The summed E-state index contributed by atoms with van der Waals surface area (Å²) in [7, 11) is 0. The first-order valence-electron chi connectivity index (χ1n) is 6.16. The van der Waals surface area contributed by atoms with Gasteiger partial charge < -0.3 is 10.0 Å². The number of nitrogens with zero attached hydrogens (tertiary/aromatic N) is 1. The number of carbonyl (C=O) groups is 2. The van der Waals surface area contributed by atoms with Crippen molar-refractivity contribution >= 4 is 11.9 Å². The van der Waals surface area contributed by atoms with Crippen LogP contribution < -0.4 is 0 Å². The quantitative estimate of drug-likeness (QED) is 0.796. The number of hydrogen-bond donors (Lipinski definition) is 1. The van der Waals surface area contributed by atoms with Crippen molar-refractivity contribution in [2.75, 3.05) is 6.54 Å². The van der Waals surface area contributed by atoms with Gasteiger partial charge in [0, 0.05) is 13.0 Å². The average Bonchev–Trinajstić information content (AvgIpc) is 2.67. The number of hydrogen-bond acceptors (Lipinski definition) is 2. The zero-order chi connectivity index (χ0) is 11.6. The van der Waals surface area contributed by atoms with Crippen LogP contribution in [0, 0.1) is 0 Å². The average molecular weight is 225 g/mol. The van der Waals surface area contributed by atoms with E-state index in [9.17, 15) is 9.59 Å². The summed E-state index contributed by atoms with van der Waals surface area (Å²) in [4.78, 5) is 24.7. The molecule has 0 aromatic rings. The lowest BCUT2D eigenvalue weighted by Gasteiger charge is -2.42. The van der Waals surface area contributed by atoms with Crippen molar-refractivity contribution in [3.8, 4) is 0 Å². The molecule has 1 aliphatic heterocycles. The molecule has 0 aromatic carbocycles. The number of likely N-dealkylation sites (tertiary alicyclic amines) is 1. The maximum atomic E-state index is 11.9. The summed E-state index contributed by atoms with van der Waals surface area (Å²) in [5.41, 5.74) is -0.358. The molecule has 1 N–H and O–H groups in total. The second kappa shape index (κ2) is 4.44. The summed E-state index contributed by atoms with van der Waals surface area (Å²) in [6.45, 7) is 0.756. The van der Waals surface area contributed by atoms with Gasteiger partial charge in [-0.15, -0.1) is 0 Å². The van der Waals surface area contributed by atoms with Crippen LogP contribution in [-0.4, -0.2) is 34.0 Å². The van der Waals surface area contributed by atoms with Gasteiger partial charge in [0.15, 0.2) is 0 Å². The Kier molecular flexibility index (Phi) is 3.17. The van der Waals surface area contributed by atoms with E-state index in [0.29, 0.717) is 6.42 Å². The van der Waals surface area contributed by atoms with Crippen LogP contribution in [0.1, 0.15) is 51.4 Å². The summed E-state index contributed by atoms with van der Waals surface area (Å²) in [5, 5.41) is 9.02. The van der Waals surface area contributed by atoms with Crippen LogP contribution in [-0.2, 0) is 9.59 Å². The lowest BCUT2D eigenvalue weighted by Crippen LogP contribution is -2.53. The Balaban J connectivity index is 2.17. The molecule has 1 saturated carbocycles. The molecule has 1 amide bonds. The van der Waals surface area contributed by atoms with Gasteiger partial charge in [-0.25, -0.2) is 0 Å². The smallest absolute Gasteiger partial charge is 0.305 e. The molecule has 2 aliphatic rings. The minimum Gasteiger partial charge on any atom is -0.481 e. The monoisotopic (exact) mass is 225 g/mol. The van der Waals surface area contributed by atoms with Crippen LogP contribution in [0.5, 0.6) is 0 Å². The first-order chi connectivity index (χ1) is 7.64. The maximum absolute atomic E-state index is 11.9. The Morgan fingerprint density at radius 2 is 1.94 bits per heavy atom. The predicted octanol–water partition coefficient (Wildman–Crippen LogP) is 1.79. The Labute approximate surface area is 95.6 Å². The number of aliphatic carboxylic acids is 1. The Hall–Kier alpha value is -1.06. The molecule has 2 rings (SSSR count). The zero-order valence-electron chi connectivity index (χ0n) is 9.57. The normalized spacial score (nSPS) is 24.8. The van der Waals surface area contributed by atoms with Gasteiger partial charge in [0.05, 0.1) is 12.0 Å². The molecule has 0 atom stereocenters. The Bertz CT molecular complexity index is 295. The van der Waals surface area contributed by atoms with Crippen molar-refractivity contribution in [3.05, 3.63) is 0 Å². The van der Waals surface area contributed by atoms with Crippen LogP contribution in [0.15, 0.2) is 0 Å². The first kappa shape index (κ1) is 11.4. The molecule has 0 bridgehead atoms. The van der Waals surface area contributed by atoms with Gasteiger partial charge in [-0.2, -0.15) is 0 Å². The van der Waals surface area contributed by atoms with E-state index in [2.05, 4.69) is 0 Å². The van der Waals surface area contributed by atoms with E-state index in [0.717, 1.165) is 45.1 Å². The van der Waals surface area contributed by atoms with Crippen molar-refractivity contribution in [1.82, 2.24) is 4.90 Å². The van der Waals surface area contributed by atoms with Crippen molar-refractivity contribution in [3.63, 3.8) is 0 Å². The molecule has 1 heterocycles. The third kappa shape index (κ3) is 2.06. The van der Waals surface area contributed by atoms with Gasteiger partial charge in [-0.1, -0.05) is 12.8 Å². The molecule has 0 spiro atoms. The Morgan fingerprint density at radius 3 is 2.50 bits per heavy atom. The van der Waals surface area contributed by atoms with E-state index >= 15 is 0 Å². The summed E-state index contributed by atoms with van der Waals surface area (Å²) in [5.74, 6) is -0.616. The number of carboxylic acid groups (broad SMARTS) is 1. The minimum absolute atomic E-state index is 0.124. The second-order valence-corrected chi connectivity index (χ2v) is 5.00. The molecule has 4 nitrogen and oxygen atoms in total. The topological polar surface area (TPSA) is 57.6 Å². The van der Waals surface area contributed by atoms with Gasteiger partial charge in [0.1, 0.15) is 0 Å². The van der Waals surface area contributed by atoms with Crippen LogP contribution >= 0.6 is 0 Å². The fourth-order valence-corrected chi connectivity index (χ4v) is 3.16. The van der Waals surface area contributed by atoms with Crippen LogP contribution in [0.3, 0.4) is 0 Å². The van der Waals surface area contributed by atoms with E-state index < -0.39 is 5.97 Å². The summed E-state index contributed by atoms with van der Waals surface area (Å²) >= 11 is 0. The SMILES string of the molecule is O=C(O)CC1(N2CCCCC2=O)CCCC1. The highest BCUT2D eigenvalue weighted by Crippen LogP contribution is 2.39. The van der Waals surface area contributed by atoms with Crippen molar-refractivity contribution in [2.24, 2.45) is 0 Å². The van der Waals surface area contributed by atoms with Crippen LogP contribution in [0.4, 0.5) is 0 Å². The summed E-state index contributed by atoms with van der Waals surface area (Å²) in [6, 6.07) is 0. The third-order valence-electron chi connectivity index (χ3n) is 3.91. The molecule has 90 valence electrons. The highest BCUT2D eigenvalue weighted by Gasteiger charge is 2.44. The van der Waals surface area contributed by atoms with Gasteiger partial charge in [-0.05, 0) is 25.7 Å². The van der Waals surface area contributed by atoms with E-state index in [4.69, 9.17) is 5.11 Å². The van der Waals surface area contributed by atoms with E-state index in [1.54, 1.807) is 0 Å². The first-order valence-corrected chi connectivity index (χ1v) is 6.16. The van der Waals surface area contributed by atoms with Crippen molar-refractivity contribution in [2.45, 2.75) is 56.9 Å². The predicted molar refractivity (Wildman–Crippen MR) is 59.0 cm³/mol. The summed E-state index contributed by atoms with van der Waals surface area (Å²) < 4.78 is 0. The van der Waals surface area contributed by atoms with Gasteiger partial charge in [-0.3, -0.25) is 9.59 Å². The number of carbonyl (C=O) groups excluding carboxylic acids is 1. The molecule has 16 heavy (non-hydrogen) atoms. The Morgan fingerprint density at radius 1 is 1.25 bits per heavy atom. The summed E-state index contributed by atoms with van der Waals surface area (Å²) in [6.07, 6.45) is 6.54. The van der Waals surface area contributed by atoms with E-state index in [1.807, 2.05) is 4.90 Å². The molecule has 0 aromatic heterocycles. The van der Waals surface area contributed by atoms with E-state index in [-0.39, 0.29) is 17.9 Å². The molecule has 2 fully saturated rings. The molecule has 1 aliphatic carbocycles. The fraction of sp³-hybridized carbons (Fsp3) is 0.833. The van der Waals surface area contributed by atoms with Gasteiger partial charge in [0.2, 0.25) is 5.91 Å².